The van der Waals surface area contributed by atoms with E-state index < -0.39 is 157 Å². The number of fused-ring (bicyclic) bond motifs is 1. The second-order valence-electron chi connectivity index (χ2n) is 22.6. The minimum Gasteiger partial charge on any atom is -0.508 e. The van der Waals surface area contributed by atoms with Crippen molar-refractivity contribution in [2.24, 2.45) is 28.1 Å². The zero-order valence-electron chi connectivity index (χ0n) is 51.2. The maximum Gasteiger partial charge on any atom is 0.245 e. The monoisotopic (exact) mass is 1330 g/mol. The molecule has 0 bridgehead atoms. The van der Waals surface area contributed by atoms with Gasteiger partial charge in [-0.3, -0.25) is 57.7 Å². The number of nitrogens with one attached hydrogen (secondary N) is 12. The number of benzene rings is 3. The van der Waals surface area contributed by atoms with Crippen LogP contribution in [0.1, 0.15) is 62.6 Å². The number of nitrogens with two attached hydrogens (primary N) is 3. The van der Waals surface area contributed by atoms with Crippen molar-refractivity contribution in [1.82, 2.24) is 63.5 Å². The van der Waals surface area contributed by atoms with Gasteiger partial charge in [-0.2, -0.15) is 0 Å². The molecule has 33 heteroatoms. The summed E-state index contributed by atoms with van der Waals surface area (Å²) in [6, 6.07) is 4.20. The Labute approximate surface area is 543 Å². The topological polar surface area (TPSA) is 507 Å². The summed E-state index contributed by atoms with van der Waals surface area (Å²) in [5.74, 6) is -11.8. The third-order valence-electron chi connectivity index (χ3n) is 15.1. The lowest BCUT2D eigenvalue weighted by atomic mass is 10.00. The number of primary amides is 1. The van der Waals surface area contributed by atoms with Crippen molar-refractivity contribution in [3.8, 4) is 11.5 Å². The summed E-state index contributed by atoms with van der Waals surface area (Å²) in [5.41, 5.74) is 19.0. The van der Waals surface area contributed by atoms with Gasteiger partial charge in [0, 0.05) is 67.4 Å². The molecule has 2 aliphatic heterocycles. The molecule has 2 aliphatic rings. The summed E-state index contributed by atoms with van der Waals surface area (Å²) < 4.78 is 0. The zero-order chi connectivity index (χ0) is 67.7. The lowest BCUT2D eigenvalue weighted by Gasteiger charge is -2.29. The summed E-state index contributed by atoms with van der Waals surface area (Å²) in [5, 5.41) is 70.5. The molecule has 0 unspecified atom stereocenters. The second kappa shape index (κ2) is 36.2. The molecule has 504 valence electrons. The first kappa shape index (κ1) is 72.9. The Morgan fingerprint density at radius 2 is 1.24 bits per heavy atom. The summed E-state index contributed by atoms with van der Waals surface area (Å²) in [7, 11) is 1.81. The molecule has 2 saturated heterocycles. The van der Waals surface area contributed by atoms with Crippen LogP contribution in [0, 0.1) is 5.92 Å². The quantitative estimate of drug-likeness (QED) is 0.0194. The van der Waals surface area contributed by atoms with Crippen molar-refractivity contribution in [2.45, 2.75) is 126 Å². The molecule has 0 spiro atoms. The number of carbonyl (C=O) groups is 11. The fraction of sp³-hybridized carbons (Fsp3) is 0.467. The number of aromatic hydroxyl groups is 2. The standard InChI is InChI=1S/C60H82N16O15S2/c1-31(2)49-59(91)72-42(24-33-13-17-36(80)18-14-33)53(85)69-40(10-6-21-66-60(62)63)51(83)65-22-19-48(81)68-44(27-77)56(88)71-43(25-34-26-67-38-8-4-3-7-37(34)38)55(87)73-45(28-78)57(89)74-46(50(61)82)29-92-93-30-47(58(90)76-49)75-54(86)41(23-32-11-15-35(79)16-12-32)70-52(84)39-9-5-20-64-39/h3-4,7-8,11-18,26,31,39-47,49,64,67,77-80H,5-6,9-10,19-25,27-30H2,1-2H3,(H2,61,82)(H,65,83)(H,68,81)(H,69,85)(H,70,84)(H,71,88)(H,72,91)(H,73,87)(H,74,89)(H,75,86)(H,76,90)(H4,62,63,66)/t39-,40-,41-,42-,43-,44-,45-,46-,47-,49-/m0/s1. The average molecular weight is 1330 g/mol. The Morgan fingerprint density at radius 1 is 0.645 bits per heavy atom. The molecule has 3 aromatic carbocycles. The van der Waals surface area contributed by atoms with Crippen LogP contribution >= 0.6 is 21.6 Å². The first-order valence-electron chi connectivity index (χ1n) is 30.1. The number of para-hydroxylation sites is 1. The molecule has 0 saturated carbocycles. The van der Waals surface area contributed by atoms with Crippen LogP contribution in [0.15, 0.2) is 84.0 Å². The van der Waals surface area contributed by atoms with Crippen molar-refractivity contribution < 1.29 is 73.2 Å². The van der Waals surface area contributed by atoms with Gasteiger partial charge in [0.1, 0.15) is 65.9 Å². The number of hydrogen-bond acceptors (Lipinski definition) is 19. The normalized spacial score (nSPS) is 23.5. The Balaban J connectivity index is 1.35. The van der Waals surface area contributed by atoms with Gasteiger partial charge in [-0.1, -0.05) is 77.9 Å². The fourth-order valence-electron chi connectivity index (χ4n) is 9.94. The highest BCUT2D eigenvalue weighted by atomic mass is 33.1. The number of carbonyl (C=O) groups excluding carboxylic acids is 11. The molecule has 10 atom stereocenters. The van der Waals surface area contributed by atoms with Crippen LogP contribution in [0.2, 0.25) is 0 Å². The molecule has 2 fully saturated rings. The average Bonchev–Trinajstić information content (AvgIpc) is 1.81. The highest BCUT2D eigenvalue weighted by Crippen LogP contribution is 2.25. The van der Waals surface area contributed by atoms with Crippen LogP contribution in [0.3, 0.4) is 0 Å². The van der Waals surface area contributed by atoms with Crippen LogP contribution in [0.25, 0.3) is 10.9 Å². The Kier molecular flexibility index (Phi) is 28.3. The highest BCUT2D eigenvalue weighted by molar-refractivity contribution is 8.76. The molecule has 4 aromatic rings. The van der Waals surface area contributed by atoms with E-state index in [2.05, 4.69) is 68.5 Å². The molecule has 31 nitrogen and oxygen atoms in total. The van der Waals surface area contributed by atoms with E-state index in [1.165, 1.54) is 36.4 Å². The number of hydrogen-bond donors (Lipinski definition) is 19. The molecule has 93 heavy (non-hydrogen) atoms. The fourth-order valence-corrected chi connectivity index (χ4v) is 12.3. The Morgan fingerprint density at radius 3 is 1.87 bits per heavy atom. The third-order valence-corrected chi connectivity index (χ3v) is 17.5. The molecule has 22 N–H and O–H groups in total. The van der Waals surface area contributed by atoms with E-state index in [0.717, 1.165) is 21.6 Å². The van der Waals surface area contributed by atoms with Crippen LogP contribution in [0.5, 0.6) is 11.5 Å². The summed E-state index contributed by atoms with van der Waals surface area (Å²) in [6.07, 6.45) is 1.68. The molecular weight excluding hydrogens is 1250 g/mol. The molecule has 0 radical (unpaired) electrons. The van der Waals surface area contributed by atoms with Crippen molar-refractivity contribution >= 4 is 103 Å². The Bertz CT molecular complexity index is 3290. The second-order valence-corrected chi connectivity index (χ2v) is 25.1. The van der Waals surface area contributed by atoms with Gasteiger partial charge in [0.2, 0.25) is 65.0 Å². The Hall–Kier alpha value is -9.18. The number of guanidine groups is 1. The number of aliphatic hydroxyl groups is 2. The number of aliphatic imine (C=N–C) groups is 1. The van der Waals surface area contributed by atoms with Crippen LogP contribution in [-0.4, -0.2) is 201 Å². The number of aromatic nitrogens is 1. The largest absolute Gasteiger partial charge is 0.508 e. The maximum absolute atomic E-state index is 14.8. The number of nitrogens with zero attached hydrogens (tertiary/aromatic N) is 1. The van der Waals surface area contributed by atoms with E-state index in [0.29, 0.717) is 47.0 Å². The lowest BCUT2D eigenvalue weighted by molar-refractivity contribution is -0.135. The molecular formula is C60H82N16O15S2. The van der Waals surface area contributed by atoms with Gasteiger partial charge in [0.05, 0.1) is 19.3 Å². The molecule has 11 amide bonds. The number of amides is 11. The summed E-state index contributed by atoms with van der Waals surface area (Å²) >= 11 is 0. The number of phenols is 2. The van der Waals surface area contributed by atoms with Gasteiger partial charge >= 0.3 is 0 Å². The smallest absolute Gasteiger partial charge is 0.245 e. The predicted molar refractivity (Wildman–Crippen MR) is 345 cm³/mol. The van der Waals surface area contributed by atoms with Crippen LogP contribution < -0.4 is 75.7 Å². The van der Waals surface area contributed by atoms with E-state index in [1.807, 2.05) is 0 Å². The van der Waals surface area contributed by atoms with Gasteiger partial charge in [0.25, 0.3) is 0 Å². The maximum atomic E-state index is 14.8. The number of aliphatic hydroxyl groups excluding tert-OH is 2. The minimum atomic E-state index is -1.77. The summed E-state index contributed by atoms with van der Waals surface area (Å²) in [4.78, 5) is 162. The third kappa shape index (κ3) is 22.9. The van der Waals surface area contributed by atoms with Gasteiger partial charge in [0.15, 0.2) is 5.96 Å². The number of H-pyrrole nitrogens is 1. The van der Waals surface area contributed by atoms with Crippen molar-refractivity contribution in [3.05, 3.63) is 95.7 Å². The van der Waals surface area contributed by atoms with E-state index in [4.69, 9.17) is 17.2 Å². The van der Waals surface area contributed by atoms with Crippen molar-refractivity contribution in [2.75, 3.05) is 44.4 Å². The molecule has 1 aromatic heterocycles. The number of rotatable bonds is 18. The van der Waals surface area contributed by atoms with Crippen molar-refractivity contribution in [3.63, 3.8) is 0 Å². The first-order chi connectivity index (χ1) is 44.4. The van der Waals surface area contributed by atoms with E-state index in [1.54, 1.807) is 56.4 Å². The lowest BCUT2D eigenvalue weighted by Crippen LogP contribution is -2.61. The number of aromatic amines is 1. The van der Waals surface area contributed by atoms with Crippen LogP contribution in [-0.2, 0) is 72.0 Å². The summed E-state index contributed by atoms with van der Waals surface area (Å²) in [6.45, 7) is 1.33. The van der Waals surface area contributed by atoms with E-state index in [-0.39, 0.29) is 67.6 Å². The SMILES string of the molecule is CC(C)[C@@H]1NC(=O)[C@@H](NC(=O)[C@H](Cc2ccc(O)cc2)NC(=O)[C@@H]2CCCN2)CSSC[C@@H](C(N)=O)NC(=O)[C@H](CO)NC(=O)[C@H](Cc2c[nH]c3ccccc23)NC(=O)[C@H](CO)NC(=O)CCNC(=O)[C@H](CCCN=C(N)N)NC(=O)[C@H](Cc2ccc(O)cc2)NC1=O. The van der Waals surface area contributed by atoms with E-state index in [9.17, 15) is 73.2 Å². The highest BCUT2D eigenvalue weighted by Gasteiger charge is 2.37. The minimum absolute atomic E-state index is 0.0122. The van der Waals surface area contributed by atoms with Gasteiger partial charge < -0.3 is 101 Å². The van der Waals surface area contributed by atoms with Crippen LogP contribution in [0.4, 0.5) is 0 Å². The van der Waals surface area contributed by atoms with Crippen molar-refractivity contribution in [1.29, 1.82) is 0 Å². The zero-order valence-corrected chi connectivity index (χ0v) is 52.9. The molecule has 0 aliphatic carbocycles. The molecule has 3 heterocycles. The number of phenolic OH excluding ortho intramolecular Hbond substituents is 2. The van der Waals surface area contributed by atoms with Gasteiger partial charge in [-0.05, 0) is 85.2 Å². The van der Waals surface area contributed by atoms with Gasteiger partial charge in [-0.15, -0.1) is 0 Å². The van der Waals surface area contributed by atoms with E-state index >= 15 is 0 Å². The predicted octanol–water partition coefficient (Wildman–Crippen LogP) is -4.20. The van der Waals surface area contributed by atoms with Gasteiger partial charge in [-0.25, -0.2) is 0 Å². The molecule has 6 rings (SSSR count). The first-order valence-corrected chi connectivity index (χ1v) is 32.6.